The highest BCUT2D eigenvalue weighted by molar-refractivity contribution is 6.04. The first-order valence-corrected chi connectivity index (χ1v) is 9.73. The highest BCUT2D eigenvalue weighted by Crippen LogP contribution is 2.31. The van der Waals surface area contributed by atoms with E-state index in [1.807, 2.05) is 19.1 Å². The Morgan fingerprint density at radius 2 is 1.77 bits per heavy atom. The first-order chi connectivity index (χ1) is 14.1. The first kappa shape index (κ1) is 21.4. The highest BCUT2D eigenvalue weighted by Gasteiger charge is 2.35. The van der Waals surface area contributed by atoms with Gasteiger partial charge in [0.15, 0.2) is 5.82 Å². The molecule has 30 heavy (non-hydrogen) atoms. The molecule has 0 bridgehead atoms. The zero-order valence-electron chi connectivity index (χ0n) is 17.8. The van der Waals surface area contributed by atoms with Crippen LogP contribution in [0.15, 0.2) is 24.3 Å². The van der Waals surface area contributed by atoms with Crippen LogP contribution in [0.3, 0.4) is 0 Å². The molecule has 0 radical (unpaired) electrons. The molecule has 0 saturated carbocycles. The summed E-state index contributed by atoms with van der Waals surface area (Å²) >= 11 is 0. The number of amides is 2. The maximum absolute atomic E-state index is 12.7. The summed E-state index contributed by atoms with van der Waals surface area (Å²) < 4.78 is 11.6. The molecule has 160 valence electrons. The van der Waals surface area contributed by atoms with Crippen molar-refractivity contribution in [2.24, 2.45) is 0 Å². The van der Waals surface area contributed by atoms with Crippen LogP contribution in [0.1, 0.15) is 54.9 Å². The second-order valence-corrected chi connectivity index (χ2v) is 8.04. The van der Waals surface area contributed by atoms with Gasteiger partial charge in [0, 0.05) is 11.1 Å². The van der Waals surface area contributed by atoms with Crippen molar-refractivity contribution in [2.75, 3.05) is 11.9 Å². The summed E-state index contributed by atoms with van der Waals surface area (Å²) in [5.41, 5.74) is 1.91. The van der Waals surface area contributed by atoms with E-state index in [0.717, 1.165) is 10.2 Å². The maximum atomic E-state index is 12.7. The maximum Gasteiger partial charge on any atom is 0.435 e. The molecule has 2 aromatic rings. The Labute approximate surface area is 174 Å². The SMILES string of the molecule is CCOC(=O)n1nc(NC(=O)c2ccc(C)cc2)c2c1CN(C(=O)OC(C)(C)C)C2. The molecule has 1 aromatic heterocycles. The molecular weight excluding hydrogens is 388 g/mol. The van der Waals surface area contributed by atoms with Gasteiger partial charge in [0.1, 0.15) is 5.60 Å². The lowest BCUT2D eigenvalue weighted by molar-refractivity contribution is 0.0238. The quantitative estimate of drug-likeness (QED) is 0.822. The Balaban J connectivity index is 1.88. The molecule has 0 spiro atoms. The van der Waals surface area contributed by atoms with Gasteiger partial charge in [-0.1, -0.05) is 17.7 Å². The van der Waals surface area contributed by atoms with Crippen LogP contribution in [0.5, 0.6) is 0 Å². The number of carbonyl (C=O) groups is 3. The molecule has 9 heteroatoms. The van der Waals surface area contributed by atoms with E-state index >= 15 is 0 Å². The summed E-state index contributed by atoms with van der Waals surface area (Å²) in [7, 11) is 0. The van der Waals surface area contributed by atoms with E-state index < -0.39 is 17.8 Å². The molecule has 9 nitrogen and oxygen atoms in total. The summed E-state index contributed by atoms with van der Waals surface area (Å²) in [5.74, 6) is -0.142. The van der Waals surface area contributed by atoms with Gasteiger partial charge in [0.05, 0.1) is 25.4 Å². The van der Waals surface area contributed by atoms with Gasteiger partial charge in [-0.25, -0.2) is 9.59 Å². The minimum atomic E-state index is -0.671. The number of aromatic nitrogens is 2. The van der Waals surface area contributed by atoms with Gasteiger partial charge < -0.3 is 14.8 Å². The predicted molar refractivity (Wildman–Crippen MR) is 109 cm³/mol. The topological polar surface area (TPSA) is 103 Å². The van der Waals surface area contributed by atoms with E-state index in [-0.39, 0.29) is 31.4 Å². The Hall–Kier alpha value is -3.36. The predicted octanol–water partition coefficient (Wildman–Crippen LogP) is 3.70. The van der Waals surface area contributed by atoms with E-state index in [1.165, 1.54) is 4.90 Å². The molecule has 0 atom stereocenters. The monoisotopic (exact) mass is 414 g/mol. The number of ether oxygens (including phenoxy) is 2. The number of hydrogen-bond donors (Lipinski definition) is 1. The van der Waals surface area contributed by atoms with Crippen LogP contribution < -0.4 is 5.32 Å². The zero-order chi connectivity index (χ0) is 22.1. The fourth-order valence-electron chi connectivity index (χ4n) is 3.02. The van der Waals surface area contributed by atoms with Crippen molar-refractivity contribution < 1.29 is 23.9 Å². The minimum Gasteiger partial charge on any atom is -0.448 e. The van der Waals surface area contributed by atoms with Crippen molar-refractivity contribution in [3.63, 3.8) is 0 Å². The number of nitrogens with zero attached hydrogens (tertiary/aromatic N) is 3. The van der Waals surface area contributed by atoms with E-state index in [2.05, 4.69) is 10.4 Å². The van der Waals surface area contributed by atoms with Crippen molar-refractivity contribution in [1.29, 1.82) is 0 Å². The molecule has 2 heterocycles. The number of benzene rings is 1. The summed E-state index contributed by atoms with van der Waals surface area (Å²) in [6.07, 6.45) is -1.18. The third-order valence-electron chi connectivity index (χ3n) is 4.42. The normalized spacial score (nSPS) is 13.0. The minimum absolute atomic E-state index is 0.121. The summed E-state index contributed by atoms with van der Waals surface area (Å²) in [6, 6.07) is 7.09. The molecule has 1 N–H and O–H groups in total. The zero-order valence-corrected chi connectivity index (χ0v) is 17.8. The summed E-state index contributed by atoms with van der Waals surface area (Å²) in [5, 5.41) is 6.98. The number of rotatable bonds is 3. The number of nitrogens with one attached hydrogen (secondary N) is 1. The molecule has 2 amide bonds. The second kappa shape index (κ2) is 8.17. The number of fused-ring (bicyclic) bond motifs is 1. The lowest BCUT2D eigenvalue weighted by Crippen LogP contribution is -2.34. The van der Waals surface area contributed by atoms with Crippen molar-refractivity contribution in [3.05, 3.63) is 46.6 Å². The fraction of sp³-hybridized carbons (Fsp3) is 0.429. The lowest BCUT2D eigenvalue weighted by Gasteiger charge is -2.24. The molecule has 0 saturated heterocycles. The van der Waals surface area contributed by atoms with E-state index in [9.17, 15) is 14.4 Å². The molecule has 1 aliphatic heterocycles. The largest absolute Gasteiger partial charge is 0.448 e. The number of aryl methyl sites for hydroxylation is 1. The number of carbonyl (C=O) groups excluding carboxylic acids is 3. The van der Waals surface area contributed by atoms with Crippen LogP contribution in [-0.2, 0) is 22.6 Å². The molecule has 3 rings (SSSR count). The number of anilines is 1. The van der Waals surface area contributed by atoms with Crippen molar-refractivity contribution in [3.8, 4) is 0 Å². The first-order valence-electron chi connectivity index (χ1n) is 9.73. The van der Waals surface area contributed by atoms with Crippen molar-refractivity contribution in [1.82, 2.24) is 14.7 Å². The van der Waals surface area contributed by atoms with Crippen molar-refractivity contribution in [2.45, 2.75) is 53.3 Å². The summed E-state index contributed by atoms with van der Waals surface area (Å²) in [4.78, 5) is 38.9. The standard InChI is InChI=1S/C21H26N4O5/c1-6-29-20(28)25-16-12-24(19(27)30-21(3,4)5)11-15(16)17(23-25)22-18(26)14-9-7-13(2)8-10-14/h7-10H,6,11-12H2,1-5H3,(H,22,23,26). The van der Waals surface area contributed by atoms with Crippen LogP contribution in [-0.4, -0.2) is 45.0 Å². The number of hydrogen-bond acceptors (Lipinski definition) is 6. The Morgan fingerprint density at radius 1 is 1.10 bits per heavy atom. The van der Waals surface area contributed by atoms with Gasteiger partial charge >= 0.3 is 12.2 Å². The van der Waals surface area contributed by atoms with Crippen LogP contribution >= 0.6 is 0 Å². The highest BCUT2D eigenvalue weighted by atomic mass is 16.6. The van der Waals surface area contributed by atoms with Crippen molar-refractivity contribution >= 4 is 23.9 Å². The summed E-state index contributed by atoms with van der Waals surface area (Å²) in [6.45, 7) is 9.42. The average molecular weight is 414 g/mol. The third kappa shape index (κ3) is 4.61. The molecule has 1 aliphatic rings. The molecular formula is C21H26N4O5. The Bertz CT molecular complexity index is 973. The van der Waals surface area contributed by atoms with Crippen LogP contribution in [0, 0.1) is 6.92 Å². The molecule has 0 aliphatic carbocycles. The molecule has 1 aromatic carbocycles. The Morgan fingerprint density at radius 3 is 2.37 bits per heavy atom. The van der Waals surface area contributed by atoms with Gasteiger partial charge in [-0.3, -0.25) is 9.69 Å². The Kier molecular flexibility index (Phi) is 5.82. The van der Waals surface area contributed by atoms with E-state index in [4.69, 9.17) is 9.47 Å². The second-order valence-electron chi connectivity index (χ2n) is 8.04. The molecule has 0 unspecified atom stereocenters. The van der Waals surface area contributed by atoms with Crippen LogP contribution in [0.4, 0.5) is 15.4 Å². The van der Waals surface area contributed by atoms with E-state index in [0.29, 0.717) is 16.8 Å². The van der Waals surface area contributed by atoms with Gasteiger partial charge in [-0.2, -0.15) is 4.68 Å². The van der Waals surface area contributed by atoms with Gasteiger partial charge in [0.2, 0.25) is 0 Å². The van der Waals surface area contributed by atoms with E-state index in [1.54, 1.807) is 39.8 Å². The lowest BCUT2D eigenvalue weighted by atomic mass is 10.1. The van der Waals surface area contributed by atoms with Gasteiger partial charge in [0.25, 0.3) is 5.91 Å². The smallest absolute Gasteiger partial charge is 0.435 e. The third-order valence-corrected chi connectivity index (χ3v) is 4.42. The van der Waals surface area contributed by atoms with Gasteiger partial charge in [-0.05, 0) is 46.8 Å². The van der Waals surface area contributed by atoms with Crippen LogP contribution in [0.25, 0.3) is 0 Å². The fourth-order valence-corrected chi connectivity index (χ4v) is 3.02. The molecule has 0 fully saturated rings. The van der Waals surface area contributed by atoms with Gasteiger partial charge in [-0.15, -0.1) is 5.10 Å². The average Bonchev–Trinajstić information content (AvgIpc) is 3.21. The van der Waals surface area contributed by atoms with Crippen LogP contribution in [0.2, 0.25) is 0 Å².